The van der Waals surface area contributed by atoms with E-state index in [2.05, 4.69) is 9.88 Å². The van der Waals surface area contributed by atoms with Crippen LogP contribution in [0.25, 0.3) is 11.1 Å². The van der Waals surface area contributed by atoms with Crippen LogP contribution in [0.15, 0.2) is 48.7 Å². The highest BCUT2D eigenvalue weighted by atomic mass is 19.1. The van der Waals surface area contributed by atoms with Crippen molar-refractivity contribution in [2.24, 2.45) is 0 Å². The molecule has 1 fully saturated rings. The Labute approximate surface area is 195 Å². The number of nitrogens with zero attached hydrogens (tertiary/aromatic N) is 3. The number of aromatic nitrogens is 1. The number of carbonyl (C=O) groups is 1. The third-order valence-corrected chi connectivity index (χ3v) is 6.35. The summed E-state index contributed by atoms with van der Waals surface area (Å²) in [6.45, 7) is 2.56. The summed E-state index contributed by atoms with van der Waals surface area (Å²) in [5, 5.41) is 9.96. The van der Waals surface area contributed by atoms with Gasteiger partial charge in [-0.05, 0) is 47.0 Å². The summed E-state index contributed by atoms with van der Waals surface area (Å²) >= 11 is 0. The molecule has 2 aliphatic heterocycles. The van der Waals surface area contributed by atoms with E-state index in [0.29, 0.717) is 24.6 Å². The predicted octanol–water partition coefficient (Wildman–Crippen LogP) is 3.14. The molecule has 1 aromatic heterocycles. The molecule has 3 N–H and O–H groups in total. The average molecular weight is 466 g/mol. The van der Waals surface area contributed by atoms with Gasteiger partial charge in [0.1, 0.15) is 17.5 Å². The number of nitrogen functional groups attached to an aromatic ring is 1. The number of nitrogens with two attached hydrogens (primary N) is 1. The quantitative estimate of drug-likeness (QED) is 0.600. The first-order chi connectivity index (χ1) is 16.4. The fraction of sp³-hybridized carbons (Fsp3) is 0.280. The van der Waals surface area contributed by atoms with E-state index in [1.807, 2.05) is 18.2 Å². The third kappa shape index (κ3) is 4.08. The molecule has 0 unspecified atom stereocenters. The summed E-state index contributed by atoms with van der Waals surface area (Å²) in [7, 11) is 0. The lowest BCUT2D eigenvalue weighted by Gasteiger charge is -2.29. The number of halogens is 2. The van der Waals surface area contributed by atoms with Crippen LogP contribution >= 0.6 is 0 Å². The number of anilines is 2. The molecule has 1 atom stereocenters. The van der Waals surface area contributed by atoms with Gasteiger partial charge < -0.3 is 25.4 Å². The first-order valence-corrected chi connectivity index (χ1v) is 11.0. The van der Waals surface area contributed by atoms with E-state index < -0.39 is 24.3 Å². The van der Waals surface area contributed by atoms with Crippen LogP contribution in [0.5, 0.6) is 0 Å². The molecule has 3 aromatic rings. The molecular weight excluding hydrogens is 442 g/mol. The van der Waals surface area contributed by atoms with E-state index >= 15 is 0 Å². The molecule has 9 heteroatoms. The van der Waals surface area contributed by atoms with E-state index in [1.165, 1.54) is 4.90 Å². The number of ether oxygens (including phenoxy) is 1. The molecule has 7 nitrogen and oxygen atoms in total. The predicted molar refractivity (Wildman–Crippen MR) is 123 cm³/mol. The molecule has 0 saturated carbocycles. The lowest BCUT2D eigenvalue weighted by Crippen LogP contribution is -2.36. The molecule has 0 aliphatic carbocycles. The van der Waals surface area contributed by atoms with Crippen LogP contribution in [-0.2, 0) is 11.3 Å². The van der Waals surface area contributed by atoms with Crippen LogP contribution in [0, 0.1) is 11.6 Å². The smallest absolute Gasteiger partial charge is 0.255 e. The second-order valence-electron chi connectivity index (χ2n) is 8.43. The number of pyridine rings is 1. The molecule has 1 saturated heterocycles. The Hall–Kier alpha value is -3.56. The van der Waals surface area contributed by atoms with Crippen molar-refractivity contribution < 1.29 is 23.4 Å². The summed E-state index contributed by atoms with van der Waals surface area (Å²) in [4.78, 5) is 21.1. The maximum atomic E-state index is 13.8. The number of rotatable bonds is 5. The van der Waals surface area contributed by atoms with E-state index in [0.717, 1.165) is 53.7 Å². The molecular formula is C25H24F2N4O3. The second kappa shape index (κ2) is 9.00. The minimum Gasteiger partial charge on any atom is -0.394 e. The highest BCUT2D eigenvalue weighted by Crippen LogP contribution is 2.36. The molecule has 1 amide bonds. The Morgan fingerprint density at radius 1 is 1.06 bits per heavy atom. The minimum atomic E-state index is -0.870. The standard InChI is InChI=1S/C25H24F2N4O3/c26-18-8-16(9-19(27)10-18)23(14-32)31-13-17-7-15(1-2-21(17)25(31)33)22-11-20(12-29-24(22)28)30-3-5-34-6-4-30/h1-2,7-12,23,32H,3-6,13-14H2,(H2,28,29)/t23-/m1/s1. The summed E-state index contributed by atoms with van der Waals surface area (Å²) in [6, 6.07) is 9.55. The highest BCUT2D eigenvalue weighted by molar-refractivity contribution is 5.99. The van der Waals surface area contributed by atoms with Crippen molar-refractivity contribution in [3.8, 4) is 11.1 Å². The number of amides is 1. The summed E-state index contributed by atoms with van der Waals surface area (Å²) in [5.41, 5.74) is 10.1. The third-order valence-electron chi connectivity index (χ3n) is 6.35. The number of aliphatic hydroxyl groups is 1. The van der Waals surface area contributed by atoms with Gasteiger partial charge in [-0.3, -0.25) is 4.79 Å². The molecule has 2 aliphatic rings. The maximum Gasteiger partial charge on any atom is 0.255 e. The van der Waals surface area contributed by atoms with E-state index in [9.17, 15) is 18.7 Å². The second-order valence-corrected chi connectivity index (χ2v) is 8.43. The van der Waals surface area contributed by atoms with Crippen LogP contribution in [-0.4, -0.2) is 53.8 Å². The number of morpholine rings is 1. The van der Waals surface area contributed by atoms with Gasteiger partial charge in [0.05, 0.1) is 37.7 Å². The van der Waals surface area contributed by atoms with Gasteiger partial charge in [0, 0.05) is 36.8 Å². The van der Waals surface area contributed by atoms with Gasteiger partial charge in [0.25, 0.3) is 5.91 Å². The largest absolute Gasteiger partial charge is 0.394 e. The molecule has 0 bridgehead atoms. The Morgan fingerprint density at radius 3 is 2.50 bits per heavy atom. The number of aliphatic hydroxyl groups excluding tert-OH is 1. The van der Waals surface area contributed by atoms with Crippen molar-refractivity contribution in [2.45, 2.75) is 12.6 Å². The van der Waals surface area contributed by atoms with Crippen LogP contribution in [0.2, 0.25) is 0 Å². The van der Waals surface area contributed by atoms with Crippen LogP contribution in [0.1, 0.15) is 27.5 Å². The van der Waals surface area contributed by atoms with Gasteiger partial charge >= 0.3 is 0 Å². The lowest BCUT2D eigenvalue weighted by molar-refractivity contribution is 0.0614. The first kappa shape index (κ1) is 22.2. The number of carbonyl (C=O) groups excluding carboxylic acids is 1. The van der Waals surface area contributed by atoms with Crippen molar-refractivity contribution in [1.29, 1.82) is 0 Å². The number of benzene rings is 2. The van der Waals surface area contributed by atoms with Gasteiger partial charge in [0.2, 0.25) is 0 Å². The normalized spacial score (nSPS) is 16.6. The monoisotopic (exact) mass is 466 g/mol. The van der Waals surface area contributed by atoms with Gasteiger partial charge in [-0.25, -0.2) is 13.8 Å². The molecule has 2 aromatic carbocycles. The summed E-state index contributed by atoms with van der Waals surface area (Å²) in [6.07, 6.45) is 1.74. The van der Waals surface area contributed by atoms with Crippen LogP contribution in [0.3, 0.4) is 0 Å². The molecule has 3 heterocycles. The zero-order valence-electron chi connectivity index (χ0n) is 18.4. The van der Waals surface area contributed by atoms with Crippen LogP contribution < -0.4 is 10.6 Å². The maximum absolute atomic E-state index is 13.8. The highest BCUT2D eigenvalue weighted by Gasteiger charge is 2.34. The number of fused-ring (bicyclic) bond motifs is 1. The van der Waals surface area contributed by atoms with E-state index in [-0.39, 0.29) is 18.0 Å². The Morgan fingerprint density at radius 2 is 1.79 bits per heavy atom. The van der Waals surface area contributed by atoms with E-state index in [4.69, 9.17) is 10.5 Å². The number of hydrogen-bond donors (Lipinski definition) is 2. The minimum absolute atomic E-state index is 0.196. The Balaban J connectivity index is 1.45. The zero-order valence-corrected chi connectivity index (χ0v) is 18.4. The molecule has 0 spiro atoms. The molecule has 176 valence electrons. The molecule has 0 radical (unpaired) electrons. The Kier molecular flexibility index (Phi) is 5.89. The number of hydrogen-bond acceptors (Lipinski definition) is 6. The lowest BCUT2D eigenvalue weighted by atomic mass is 10.0. The fourth-order valence-corrected chi connectivity index (χ4v) is 4.60. The van der Waals surface area contributed by atoms with Gasteiger partial charge in [-0.2, -0.15) is 0 Å². The molecule has 34 heavy (non-hydrogen) atoms. The first-order valence-electron chi connectivity index (χ1n) is 11.0. The van der Waals surface area contributed by atoms with Crippen molar-refractivity contribution in [1.82, 2.24) is 9.88 Å². The van der Waals surface area contributed by atoms with Crippen molar-refractivity contribution in [3.05, 3.63) is 77.0 Å². The van der Waals surface area contributed by atoms with Crippen LogP contribution in [0.4, 0.5) is 20.3 Å². The summed E-state index contributed by atoms with van der Waals surface area (Å²) in [5.74, 6) is -1.45. The van der Waals surface area contributed by atoms with Gasteiger partial charge in [0.15, 0.2) is 0 Å². The SMILES string of the molecule is Nc1ncc(N2CCOCC2)cc1-c1ccc2c(c1)CN([C@H](CO)c1cc(F)cc(F)c1)C2=O. The molecule has 5 rings (SSSR count). The zero-order chi connectivity index (χ0) is 23.8. The van der Waals surface area contributed by atoms with Crippen molar-refractivity contribution in [3.63, 3.8) is 0 Å². The van der Waals surface area contributed by atoms with Crippen molar-refractivity contribution >= 4 is 17.4 Å². The Bertz CT molecular complexity index is 1230. The van der Waals surface area contributed by atoms with Gasteiger partial charge in [-0.1, -0.05) is 6.07 Å². The topological polar surface area (TPSA) is 91.9 Å². The fourth-order valence-electron chi connectivity index (χ4n) is 4.60. The van der Waals surface area contributed by atoms with Gasteiger partial charge in [-0.15, -0.1) is 0 Å². The van der Waals surface area contributed by atoms with E-state index in [1.54, 1.807) is 12.3 Å². The van der Waals surface area contributed by atoms with Crippen molar-refractivity contribution in [2.75, 3.05) is 43.5 Å². The summed E-state index contributed by atoms with van der Waals surface area (Å²) < 4.78 is 32.9. The average Bonchev–Trinajstić information content (AvgIpc) is 3.15.